The number of benzene rings is 1. The molecule has 1 aromatic carbocycles. The number of hydrogen-bond donors (Lipinski definition) is 2. The highest BCUT2D eigenvalue weighted by atomic mass is 32.1. The minimum absolute atomic E-state index is 0.138. The van der Waals surface area contributed by atoms with E-state index in [0.29, 0.717) is 30.3 Å². The maximum absolute atomic E-state index is 13.2. The largest absolute Gasteiger partial charge is 0.503 e. The van der Waals surface area contributed by atoms with Gasteiger partial charge in [-0.2, -0.15) is 0 Å². The third-order valence-electron chi connectivity index (χ3n) is 4.79. The van der Waals surface area contributed by atoms with Gasteiger partial charge in [0.25, 0.3) is 5.91 Å². The molecule has 2 N–H and O–H groups in total. The molecular formula is C22H27N2O4S+. The number of carbonyl (C=O) groups is 2. The Kier molecular flexibility index (Phi) is 6.71. The van der Waals surface area contributed by atoms with Crippen LogP contribution in [0.4, 0.5) is 0 Å². The van der Waals surface area contributed by atoms with Crippen LogP contribution in [-0.4, -0.2) is 55.5 Å². The summed E-state index contributed by atoms with van der Waals surface area (Å²) >= 11 is 1.30. The lowest BCUT2D eigenvalue weighted by atomic mass is 9.95. The molecular weight excluding hydrogens is 388 g/mol. The minimum Gasteiger partial charge on any atom is -0.503 e. The molecule has 2 heterocycles. The summed E-state index contributed by atoms with van der Waals surface area (Å²) in [4.78, 5) is 29.3. The summed E-state index contributed by atoms with van der Waals surface area (Å²) in [6.07, 6.45) is 0.882. The summed E-state index contributed by atoms with van der Waals surface area (Å²) in [5, 5.41) is 12.4. The molecule has 1 aliphatic rings. The van der Waals surface area contributed by atoms with Crippen molar-refractivity contribution in [1.82, 2.24) is 4.90 Å². The van der Waals surface area contributed by atoms with Crippen LogP contribution in [0.1, 0.15) is 34.6 Å². The van der Waals surface area contributed by atoms with E-state index in [1.165, 1.54) is 16.2 Å². The number of nitrogens with zero attached hydrogens (tertiary/aromatic N) is 1. The average molecular weight is 416 g/mol. The number of nitrogens with one attached hydrogen (secondary N) is 1. The van der Waals surface area contributed by atoms with Crippen LogP contribution in [0.15, 0.2) is 53.1 Å². The Bertz CT molecular complexity index is 905. The second kappa shape index (κ2) is 9.24. The standard InChI is InChI=1S/C22H26N2O4S/c1-4-12-28-16-8-5-7-15(14-16)19-18(20(25)17-9-6-13-29-17)21(26)22(27)24(19)11-10-23(2)3/h5-9,13-14,19,26H,4,10-12H2,1-3H3/p+1/t19-/m0/s1. The molecule has 1 aromatic heterocycles. The maximum Gasteiger partial charge on any atom is 0.290 e. The van der Waals surface area contributed by atoms with Crippen molar-refractivity contribution in [2.45, 2.75) is 19.4 Å². The number of likely N-dealkylation sites (N-methyl/N-ethyl adjacent to an activating group) is 1. The molecule has 1 amide bonds. The predicted molar refractivity (Wildman–Crippen MR) is 113 cm³/mol. The van der Waals surface area contributed by atoms with Crippen molar-refractivity contribution >= 4 is 23.0 Å². The number of Topliss-reactive ketones (excluding diaryl/α,β-unsaturated/α-hetero) is 1. The molecule has 6 nitrogen and oxygen atoms in total. The summed E-state index contributed by atoms with van der Waals surface area (Å²) in [5.41, 5.74) is 0.892. The number of thiophene rings is 1. The predicted octanol–water partition coefficient (Wildman–Crippen LogP) is 2.26. The first kappa shape index (κ1) is 21.1. The third-order valence-corrected chi connectivity index (χ3v) is 5.66. The molecule has 1 aliphatic heterocycles. The highest BCUT2D eigenvalue weighted by Crippen LogP contribution is 2.40. The van der Waals surface area contributed by atoms with Crippen molar-refractivity contribution in [3.8, 4) is 5.75 Å². The quantitative estimate of drug-likeness (QED) is 0.617. The Morgan fingerprint density at radius 1 is 1.28 bits per heavy atom. The Balaban J connectivity index is 2.03. The minimum atomic E-state index is -0.637. The van der Waals surface area contributed by atoms with E-state index in [9.17, 15) is 14.7 Å². The lowest BCUT2D eigenvalue weighted by Gasteiger charge is -2.27. The highest BCUT2D eigenvalue weighted by Gasteiger charge is 2.44. The van der Waals surface area contributed by atoms with E-state index in [-0.39, 0.29) is 11.4 Å². The normalized spacial score (nSPS) is 16.8. The van der Waals surface area contributed by atoms with Gasteiger partial charge in [0.2, 0.25) is 5.78 Å². The summed E-state index contributed by atoms with van der Waals surface area (Å²) in [5.74, 6) is -0.585. The molecule has 0 saturated carbocycles. The number of quaternary nitrogens is 1. The number of ether oxygens (including phenoxy) is 1. The smallest absolute Gasteiger partial charge is 0.290 e. The van der Waals surface area contributed by atoms with Crippen molar-refractivity contribution in [2.75, 3.05) is 33.8 Å². The van der Waals surface area contributed by atoms with Crippen LogP contribution in [0.25, 0.3) is 0 Å². The van der Waals surface area contributed by atoms with Crippen molar-refractivity contribution < 1.29 is 24.3 Å². The molecule has 7 heteroatoms. The first-order chi connectivity index (χ1) is 13.9. The molecule has 1 atom stereocenters. The van der Waals surface area contributed by atoms with E-state index in [2.05, 4.69) is 0 Å². The number of hydrogen-bond acceptors (Lipinski definition) is 5. The van der Waals surface area contributed by atoms with E-state index in [1.54, 1.807) is 17.0 Å². The van der Waals surface area contributed by atoms with E-state index < -0.39 is 17.7 Å². The Morgan fingerprint density at radius 2 is 2.07 bits per heavy atom. The van der Waals surface area contributed by atoms with Gasteiger partial charge >= 0.3 is 0 Å². The van der Waals surface area contributed by atoms with Gasteiger partial charge in [0.15, 0.2) is 5.76 Å². The summed E-state index contributed by atoms with van der Waals surface area (Å²) in [6.45, 7) is 3.74. The summed E-state index contributed by atoms with van der Waals surface area (Å²) < 4.78 is 5.74. The maximum atomic E-state index is 13.2. The van der Waals surface area contributed by atoms with E-state index in [1.807, 2.05) is 50.7 Å². The number of rotatable bonds is 9. The molecule has 0 fully saturated rings. The first-order valence-corrected chi connectivity index (χ1v) is 10.7. The van der Waals surface area contributed by atoms with Gasteiger partial charge in [0, 0.05) is 0 Å². The molecule has 0 saturated heterocycles. The molecule has 0 unspecified atom stereocenters. The molecule has 0 bridgehead atoms. The number of ketones is 1. The zero-order chi connectivity index (χ0) is 21.0. The highest BCUT2D eigenvalue weighted by molar-refractivity contribution is 7.12. The molecule has 0 radical (unpaired) electrons. The molecule has 0 aliphatic carbocycles. The second-order valence-electron chi connectivity index (χ2n) is 7.35. The van der Waals surface area contributed by atoms with E-state index in [4.69, 9.17) is 4.74 Å². The monoisotopic (exact) mass is 415 g/mol. The van der Waals surface area contributed by atoms with Gasteiger partial charge in [0.1, 0.15) is 5.75 Å². The zero-order valence-corrected chi connectivity index (χ0v) is 17.8. The topological polar surface area (TPSA) is 71.3 Å². The fraction of sp³-hybridized carbons (Fsp3) is 0.364. The second-order valence-corrected chi connectivity index (χ2v) is 8.30. The Labute approximate surface area is 175 Å². The van der Waals surface area contributed by atoms with Crippen molar-refractivity contribution in [3.63, 3.8) is 0 Å². The third kappa shape index (κ3) is 4.52. The fourth-order valence-corrected chi connectivity index (χ4v) is 4.02. The van der Waals surface area contributed by atoms with Gasteiger partial charge < -0.3 is 19.6 Å². The van der Waals surface area contributed by atoms with Gasteiger partial charge in [-0.05, 0) is 35.6 Å². The zero-order valence-electron chi connectivity index (χ0n) is 17.0. The van der Waals surface area contributed by atoms with Crippen LogP contribution in [0, 0.1) is 0 Å². The van der Waals surface area contributed by atoms with Crippen molar-refractivity contribution in [1.29, 1.82) is 0 Å². The SMILES string of the molecule is CCCOc1cccc([C@H]2C(C(=O)c3cccs3)=C(O)C(=O)N2CC[NH+](C)C)c1. The number of amides is 1. The van der Waals surface area contributed by atoms with Crippen LogP contribution in [-0.2, 0) is 4.79 Å². The average Bonchev–Trinajstić information content (AvgIpc) is 3.32. The molecule has 2 aromatic rings. The van der Waals surface area contributed by atoms with Crippen LogP contribution in [0.2, 0.25) is 0 Å². The van der Waals surface area contributed by atoms with Crippen LogP contribution >= 0.6 is 11.3 Å². The Morgan fingerprint density at radius 3 is 2.72 bits per heavy atom. The van der Waals surface area contributed by atoms with Gasteiger partial charge in [-0.15, -0.1) is 11.3 Å². The molecule has 29 heavy (non-hydrogen) atoms. The molecule has 154 valence electrons. The van der Waals surface area contributed by atoms with E-state index >= 15 is 0 Å². The van der Waals surface area contributed by atoms with Crippen LogP contribution in [0.5, 0.6) is 5.75 Å². The summed E-state index contributed by atoms with van der Waals surface area (Å²) in [6, 6.07) is 10.3. The lowest BCUT2D eigenvalue weighted by molar-refractivity contribution is -0.857. The Hall–Kier alpha value is -2.64. The van der Waals surface area contributed by atoms with Gasteiger partial charge in [0.05, 0.1) is 50.3 Å². The number of aliphatic hydroxyl groups is 1. The van der Waals surface area contributed by atoms with Crippen LogP contribution in [0.3, 0.4) is 0 Å². The van der Waals surface area contributed by atoms with Crippen LogP contribution < -0.4 is 9.64 Å². The van der Waals surface area contributed by atoms with E-state index in [0.717, 1.165) is 12.0 Å². The van der Waals surface area contributed by atoms with Gasteiger partial charge in [-0.1, -0.05) is 25.1 Å². The first-order valence-electron chi connectivity index (χ1n) is 9.78. The fourth-order valence-electron chi connectivity index (χ4n) is 3.34. The molecule has 0 spiro atoms. The number of carbonyl (C=O) groups excluding carboxylic acids is 2. The summed E-state index contributed by atoms with van der Waals surface area (Å²) in [7, 11) is 4.00. The van der Waals surface area contributed by atoms with Crippen molar-refractivity contribution in [2.24, 2.45) is 0 Å². The number of aliphatic hydroxyl groups excluding tert-OH is 1. The lowest BCUT2D eigenvalue weighted by Crippen LogP contribution is -3.06. The molecule has 3 rings (SSSR count). The van der Waals surface area contributed by atoms with Gasteiger partial charge in [-0.25, -0.2) is 0 Å². The van der Waals surface area contributed by atoms with Crippen molar-refractivity contribution in [3.05, 3.63) is 63.6 Å². The van der Waals surface area contributed by atoms with Gasteiger partial charge in [-0.3, -0.25) is 9.59 Å².